The molecule has 0 spiro atoms. The number of aromatic nitrogens is 2. The normalized spacial score (nSPS) is 12.3. The standard InChI is InChI=1S/C21H23ClN4O4S/c1-15(26(31(3,28)29)17-8-9-20(30-2)18(22)12-17)21(27)24-13-16-6-4-5-7-19(16)25-11-10-23-14-25/h4-12,14-15H,13H2,1-3H3,(H,24,27)/t15-/m0/s1. The summed E-state index contributed by atoms with van der Waals surface area (Å²) in [7, 11) is -2.30. The number of ether oxygens (including phenoxy) is 1. The lowest BCUT2D eigenvalue weighted by Crippen LogP contribution is -2.47. The molecular weight excluding hydrogens is 440 g/mol. The van der Waals surface area contributed by atoms with Gasteiger partial charge in [-0.05, 0) is 36.8 Å². The number of halogens is 1. The summed E-state index contributed by atoms with van der Waals surface area (Å²) in [6.07, 6.45) is 6.19. The van der Waals surface area contributed by atoms with Gasteiger partial charge in [-0.15, -0.1) is 0 Å². The van der Waals surface area contributed by atoms with Gasteiger partial charge in [0.15, 0.2) is 0 Å². The van der Waals surface area contributed by atoms with Gasteiger partial charge < -0.3 is 14.6 Å². The predicted molar refractivity (Wildman–Crippen MR) is 120 cm³/mol. The van der Waals surface area contributed by atoms with Crippen LogP contribution in [0.3, 0.4) is 0 Å². The number of methoxy groups -OCH3 is 1. The zero-order valence-corrected chi connectivity index (χ0v) is 18.9. The summed E-state index contributed by atoms with van der Waals surface area (Å²) in [6.45, 7) is 1.74. The molecule has 0 fully saturated rings. The Kier molecular flexibility index (Phi) is 6.87. The lowest BCUT2D eigenvalue weighted by atomic mass is 10.1. The molecule has 31 heavy (non-hydrogen) atoms. The largest absolute Gasteiger partial charge is 0.495 e. The first-order chi connectivity index (χ1) is 14.7. The summed E-state index contributed by atoms with van der Waals surface area (Å²) >= 11 is 6.16. The van der Waals surface area contributed by atoms with Crippen LogP contribution in [0.25, 0.3) is 5.69 Å². The summed E-state index contributed by atoms with van der Waals surface area (Å²) in [4.78, 5) is 16.9. The molecule has 0 saturated heterocycles. The fourth-order valence-electron chi connectivity index (χ4n) is 3.25. The second-order valence-electron chi connectivity index (χ2n) is 6.87. The molecule has 164 valence electrons. The van der Waals surface area contributed by atoms with Gasteiger partial charge in [-0.2, -0.15) is 0 Å². The molecule has 0 aliphatic heterocycles. The smallest absolute Gasteiger partial charge is 0.243 e. The number of nitrogens with zero attached hydrogens (tertiary/aromatic N) is 3. The van der Waals surface area contributed by atoms with E-state index in [1.54, 1.807) is 24.7 Å². The maximum absolute atomic E-state index is 12.9. The van der Waals surface area contributed by atoms with Crippen molar-refractivity contribution >= 4 is 33.2 Å². The quantitative estimate of drug-likeness (QED) is 0.555. The Hall–Kier alpha value is -3.04. The lowest BCUT2D eigenvalue weighted by molar-refractivity contribution is -0.122. The molecule has 0 radical (unpaired) electrons. The van der Waals surface area contributed by atoms with Crippen LogP contribution < -0.4 is 14.4 Å². The second-order valence-corrected chi connectivity index (χ2v) is 9.14. The van der Waals surface area contributed by atoms with Crippen LogP contribution in [-0.4, -0.2) is 43.3 Å². The van der Waals surface area contributed by atoms with Crippen molar-refractivity contribution in [1.82, 2.24) is 14.9 Å². The molecule has 8 nitrogen and oxygen atoms in total. The molecule has 1 N–H and O–H groups in total. The summed E-state index contributed by atoms with van der Waals surface area (Å²) < 4.78 is 33.0. The van der Waals surface area contributed by atoms with E-state index in [9.17, 15) is 13.2 Å². The van der Waals surface area contributed by atoms with Crippen LogP contribution in [0.5, 0.6) is 5.75 Å². The van der Waals surface area contributed by atoms with Crippen molar-refractivity contribution in [3.05, 3.63) is 71.8 Å². The number of nitrogens with one attached hydrogen (secondary N) is 1. The predicted octanol–water partition coefficient (Wildman–Crippen LogP) is 3.01. The van der Waals surface area contributed by atoms with E-state index < -0.39 is 22.0 Å². The number of amides is 1. The van der Waals surface area contributed by atoms with Crippen molar-refractivity contribution in [3.63, 3.8) is 0 Å². The molecule has 0 bridgehead atoms. The van der Waals surface area contributed by atoms with Gasteiger partial charge in [0, 0.05) is 18.9 Å². The minimum absolute atomic E-state index is 0.221. The van der Waals surface area contributed by atoms with Gasteiger partial charge in [0.1, 0.15) is 11.8 Å². The van der Waals surface area contributed by atoms with Gasteiger partial charge >= 0.3 is 0 Å². The molecule has 2 aromatic carbocycles. The van der Waals surface area contributed by atoms with Crippen LogP contribution in [0.15, 0.2) is 61.2 Å². The number of carbonyl (C=O) groups is 1. The van der Waals surface area contributed by atoms with Crippen LogP contribution in [0.1, 0.15) is 12.5 Å². The van der Waals surface area contributed by atoms with Crippen LogP contribution in [0, 0.1) is 0 Å². The highest BCUT2D eigenvalue weighted by Gasteiger charge is 2.29. The van der Waals surface area contributed by atoms with Crippen molar-refractivity contribution < 1.29 is 17.9 Å². The number of benzene rings is 2. The highest BCUT2D eigenvalue weighted by Crippen LogP contribution is 2.31. The van der Waals surface area contributed by atoms with Crippen LogP contribution in [0.4, 0.5) is 5.69 Å². The maximum atomic E-state index is 12.9. The van der Waals surface area contributed by atoms with Crippen molar-refractivity contribution in [2.45, 2.75) is 19.5 Å². The zero-order chi connectivity index (χ0) is 22.6. The Balaban J connectivity index is 1.81. The van der Waals surface area contributed by atoms with Gasteiger partial charge in [-0.25, -0.2) is 13.4 Å². The lowest BCUT2D eigenvalue weighted by Gasteiger charge is -2.28. The van der Waals surface area contributed by atoms with Crippen molar-refractivity contribution in [2.75, 3.05) is 17.7 Å². The van der Waals surface area contributed by atoms with E-state index in [2.05, 4.69) is 10.3 Å². The first-order valence-electron chi connectivity index (χ1n) is 9.39. The summed E-state index contributed by atoms with van der Waals surface area (Å²) in [5.41, 5.74) is 2.00. The highest BCUT2D eigenvalue weighted by molar-refractivity contribution is 7.92. The van der Waals surface area contributed by atoms with Crippen molar-refractivity contribution in [2.24, 2.45) is 0 Å². The molecule has 1 heterocycles. The monoisotopic (exact) mass is 462 g/mol. The number of sulfonamides is 1. The minimum Gasteiger partial charge on any atom is -0.495 e. The molecule has 10 heteroatoms. The fraction of sp³-hybridized carbons (Fsp3) is 0.238. The molecule has 1 atom stereocenters. The molecule has 0 aliphatic rings. The molecule has 3 rings (SSSR count). The first-order valence-corrected chi connectivity index (χ1v) is 11.6. The van der Waals surface area contributed by atoms with E-state index in [4.69, 9.17) is 16.3 Å². The Labute approximate surface area is 186 Å². The van der Waals surface area contributed by atoms with E-state index in [1.807, 2.05) is 35.0 Å². The Morgan fingerprint density at radius 3 is 2.65 bits per heavy atom. The van der Waals surface area contributed by atoms with Gasteiger partial charge in [-0.3, -0.25) is 9.10 Å². The van der Waals surface area contributed by atoms with E-state index in [-0.39, 0.29) is 17.3 Å². The third-order valence-electron chi connectivity index (χ3n) is 4.71. The third kappa shape index (κ3) is 5.18. The van der Waals surface area contributed by atoms with E-state index in [1.165, 1.54) is 20.1 Å². The number of carbonyl (C=O) groups excluding carboxylic acids is 1. The first kappa shape index (κ1) is 22.6. The van der Waals surface area contributed by atoms with Gasteiger partial charge in [0.25, 0.3) is 0 Å². The number of anilines is 1. The zero-order valence-electron chi connectivity index (χ0n) is 17.3. The average Bonchev–Trinajstić information content (AvgIpc) is 3.26. The van der Waals surface area contributed by atoms with Gasteiger partial charge in [-0.1, -0.05) is 29.8 Å². The maximum Gasteiger partial charge on any atom is 0.243 e. The molecule has 0 saturated carbocycles. The summed E-state index contributed by atoms with van der Waals surface area (Å²) in [5, 5.41) is 3.07. The summed E-state index contributed by atoms with van der Waals surface area (Å²) in [6, 6.07) is 11.1. The van der Waals surface area contributed by atoms with Crippen molar-refractivity contribution in [1.29, 1.82) is 0 Å². The van der Waals surface area contributed by atoms with Gasteiger partial charge in [0.2, 0.25) is 15.9 Å². The topological polar surface area (TPSA) is 93.5 Å². The van der Waals surface area contributed by atoms with E-state index in [0.29, 0.717) is 5.75 Å². The fourth-order valence-corrected chi connectivity index (χ4v) is 4.66. The Bertz CT molecular complexity index is 1170. The van der Waals surface area contributed by atoms with Crippen LogP contribution in [-0.2, 0) is 21.4 Å². The minimum atomic E-state index is -3.76. The van der Waals surface area contributed by atoms with Gasteiger partial charge in [0.05, 0.1) is 36.1 Å². The number of rotatable bonds is 8. The van der Waals surface area contributed by atoms with E-state index >= 15 is 0 Å². The summed E-state index contributed by atoms with van der Waals surface area (Å²) in [5.74, 6) is -0.0371. The van der Waals surface area contributed by atoms with Crippen molar-refractivity contribution in [3.8, 4) is 11.4 Å². The Morgan fingerprint density at radius 2 is 2.03 bits per heavy atom. The van der Waals surface area contributed by atoms with Crippen LogP contribution in [0.2, 0.25) is 5.02 Å². The average molecular weight is 463 g/mol. The Morgan fingerprint density at radius 1 is 1.29 bits per heavy atom. The highest BCUT2D eigenvalue weighted by atomic mass is 35.5. The third-order valence-corrected chi connectivity index (χ3v) is 6.24. The van der Waals surface area contributed by atoms with E-state index in [0.717, 1.165) is 21.8 Å². The second kappa shape index (κ2) is 9.40. The molecular formula is C21H23ClN4O4S. The SMILES string of the molecule is COc1ccc(N([C@@H](C)C(=O)NCc2ccccc2-n2ccnc2)S(C)(=O)=O)cc1Cl. The number of hydrogen-bond acceptors (Lipinski definition) is 5. The molecule has 1 aromatic heterocycles. The molecule has 0 aliphatic carbocycles. The molecule has 1 amide bonds. The molecule has 3 aromatic rings. The number of hydrogen-bond donors (Lipinski definition) is 1. The molecule has 0 unspecified atom stereocenters. The number of para-hydroxylation sites is 1. The number of imidazole rings is 1. The van der Waals surface area contributed by atoms with Crippen LogP contribution >= 0.6 is 11.6 Å².